The Morgan fingerprint density at radius 3 is 2.12 bits per heavy atom. The molecule has 1 aromatic heterocycles. The third-order valence-corrected chi connectivity index (χ3v) is 2.36. The lowest BCUT2D eigenvalue weighted by atomic mass is 10.1. The van der Waals surface area contributed by atoms with E-state index in [1.165, 1.54) is 6.20 Å². The van der Waals surface area contributed by atoms with E-state index in [0.717, 1.165) is 13.1 Å². The molecule has 0 unspecified atom stereocenters. The highest BCUT2D eigenvalue weighted by Crippen LogP contribution is 2.14. The van der Waals surface area contributed by atoms with Gasteiger partial charge in [-0.3, -0.25) is 0 Å². The average Bonchev–Trinajstić information content (AvgIpc) is 2.19. The molecule has 0 aliphatic heterocycles. The van der Waals surface area contributed by atoms with E-state index in [1.54, 1.807) is 6.92 Å². The summed E-state index contributed by atoms with van der Waals surface area (Å²) in [5.74, 6) is 1.35. The van der Waals surface area contributed by atoms with Crippen LogP contribution in [-0.4, -0.2) is 23.1 Å². The first-order valence-corrected chi connectivity index (χ1v) is 6.14. The first-order valence-electron chi connectivity index (χ1n) is 6.14. The second-order valence-electron chi connectivity index (χ2n) is 5.30. The van der Waals surface area contributed by atoms with Crippen LogP contribution in [0.4, 0.5) is 10.3 Å². The number of nitrogens with zero attached hydrogens (tertiary/aromatic N) is 3. The van der Waals surface area contributed by atoms with Gasteiger partial charge in [-0.05, 0) is 18.8 Å². The van der Waals surface area contributed by atoms with Gasteiger partial charge in [0.15, 0.2) is 5.82 Å². The van der Waals surface area contributed by atoms with Crippen molar-refractivity contribution in [1.29, 1.82) is 0 Å². The van der Waals surface area contributed by atoms with Crippen LogP contribution in [0.2, 0.25) is 0 Å². The molecule has 3 nitrogen and oxygen atoms in total. The summed E-state index contributed by atoms with van der Waals surface area (Å²) in [6.45, 7) is 12.1. The number of anilines is 1. The number of hydrogen-bond acceptors (Lipinski definition) is 3. The van der Waals surface area contributed by atoms with Gasteiger partial charge in [0.05, 0.1) is 11.9 Å². The lowest BCUT2D eigenvalue weighted by molar-refractivity contribution is 0.538. The Morgan fingerprint density at radius 1 is 1.18 bits per heavy atom. The maximum Gasteiger partial charge on any atom is 0.225 e. The van der Waals surface area contributed by atoms with Crippen LogP contribution in [0.1, 0.15) is 33.4 Å². The zero-order chi connectivity index (χ0) is 13.0. The fourth-order valence-electron chi connectivity index (χ4n) is 1.71. The van der Waals surface area contributed by atoms with E-state index < -0.39 is 0 Å². The smallest absolute Gasteiger partial charge is 0.225 e. The Labute approximate surface area is 103 Å². The van der Waals surface area contributed by atoms with E-state index in [2.05, 4.69) is 42.6 Å². The molecule has 0 spiro atoms. The van der Waals surface area contributed by atoms with Crippen molar-refractivity contribution in [3.8, 4) is 0 Å². The van der Waals surface area contributed by atoms with Crippen LogP contribution in [0.25, 0.3) is 0 Å². The molecule has 0 aromatic carbocycles. The molecule has 1 aromatic rings. The summed E-state index contributed by atoms with van der Waals surface area (Å²) in [5.41, 5.74) is 0.410. The summed E-state index contributed by atoms with van der Waals surface area (Å²) in [4.78, 5) is 10.4. The highest BCUT2D eigenvalue weighted by atomic mass is 19.1. The van der Waals surface area contributed by atoms with Crippen LogP contribution < -0.4 is 4.90 Å². The van der Waals surface area contributed by atoms with Crippen molar-refractivity contribution >= 4 is 5.95 Å². The standard InChI is InChI=1S/C13H22FN3/c1-9(2)7-17(8-10(3)4)13-15-6-12(14)11(5)16-13/h6,9-10H,7-8H2,1-5H3. The predicted molar refractivity (Wildman–Crippen MR) is 68.6 cm³/mol. The molecule has 17 heavy (non-hydrogen) atoms. The fourth-order valence-corrected chi connectivity index (χ4v) is 1.71. The quantitative estimate of drug-likeness (QED) is 0.790. The number of aryl methyl sites for hydroxylation is 1. The monoisotopic (exact) mass is 239 g/mol. The molecule has 0 aliphatic carbocycles. The first-order chi connectivity index (χ1) is 7.90. The van der Waals surface area contributed by atoms with Gasteiger partial charge in [0.2, 0.25) is 5.95 Å². The van der Waals surface area contributed by atoms with Gasteiger partial charge >= 0.3 is 0 Å². The molecule has 0 fully saturated rings. The van der Waals surface area contributed by atoms with Gasteiger partial charge in [-0.15, -0.1) is 0 Å². The van der Waals surface area contributed by atoms with E-state index >= 15 is 0 Å². The van der Waals surface area contributed by atoms with Gasteiger partial charge in [0.25, 0.3) is 0 Å². The van der Waals surface area contributed by atoms with E-state index in [0.29, 0.717) is 23.5 Å². The lowest BCUT2D eigenvalue weighted by Crippen LogP contribution is -2.33. The SMILES string of the molecule is Cc1nc(N(CC(C)C)CC(C)C)ncc1F. The molecule has 0 saturated carbocycles. The minimum Gasteiger partial charge on any atom is -0.340 e. The Hall–Kier alpha value is -1.19. The number of halogens is 1. The maximum absolute atomic E-state index is 13.1. The molecule has 0 atom stereocenters. The van der Waals surface area contributed by atoms with Gasteiger partial charge in [-0.2, -0.15) is 0 Å². The van der Waals surface area contributed by atoms with Gasteiger partial charge in [0, 0.05) is 13.1 Å². The van der Waals surface area contributed by atoms with Crippen LogP contribution >= 0.6 is 0 Å². The van der Waals surface area contributed by atoms with Crippen molar-refractivity contribution in [2.24, 2.45) is 11.8 Å². The molecule has 4 heteroatoms. The normalized spacial score (nSPS) is 11.3. The zero-order valence-electron chi connectivity index (χ0n) is 11.4. The second-order valence-corrected chi connectivity index (χ2v) is 5.30. The van der Waals surface area contributed by atoms with Gasteiger partial charge in [-0.25, -0.2) is 14.4 Å². The van der Waals surface area contributed by atoms with E-state index in [1.807, 2.05) is 0 Å². The highest BCUT2D eigenvalue weighted by molar-refractivity contribution is 5.30. The summed E-state index contributed by atoms with van der Waals surface area (Å²) in [7, 11) is 0. The van der Waals surface area contributed by atoms with Gasteiger partial charge in [-0.1, -0.05) is 27.7 Å². The summed E-state index contributed by atoms with van der Waals surface area (Å²) < 4.78 is 13.1. The molecule has 0 radical (unpaired) electrons. The van der Waals surface area contributed by atoms with Crippen molar-refractivity contribution in [2.45, 2.75) is 34.6 Å². The molecule has 0 bridgehead atoms. The van der Waals surface area contributed by atoms with E-state index in [9.17, 15) is 4.39 Å². The average molecular weight is 239 g/mol. The van der Waals surface area contributed by atoms with Crippen LogP contribution in [0.3, 0.4) is 0 Å². The molecular weight excluding hydrogens is 217 g/mol. The fraction of sp³-hybridized carbons (Fsp3) is 0.692. The summed E-state index contributed by atoms with van der Waals surface area (Å²) in [6, 6.07) is 0. The third kappa shape index (κ3) is 4.29. The Bertz CT molecular complexity index is 354. The largest absolute Gasteiger partial charge is 0.340 e. The van der Waals surface area contributed by atoms with Crippen LogP contribution in [-0.2, 0) is 0 Å². The second kappa shape index (κ2) is 5.94. The Kier molecular flexibility index (Phi) is 4.85. The lowest BCUT2D eigenvalue weighted by Gasteiger charge is -2.26. The predicted octanol–water partition coefficient (Wildman–Crippen LogP) is 3.04. The molecule has 0 aliphatic rings. The number of hydrogen-bond donors (Lipinski definition) is 0. The molecule has 0 amide bonds. The Morgan fingerprint density at radius 2 is 1.71 bits per heavy atom. The van der Waals surface area contributed by atoms with Gasteiger partial charge < -0.3 is 4.90 Å². The van der Waals surface area contributed by atoms with E-state index in [4.69, 9.17) is 0 Å². The van der Waals surface area contributed by atoms with Crippen molar-refractivity contribution in [1.82, 2.24) is 9.97 Å². The minimum atomic E-state index is -0.345. The van der Waals surface area contributed by atoms with E-state index in [-0.39, 0.29) is 5.82 Å². The first kappa shape index (κ1) is 13.9. The number of aromatic nitrogens is 2. The maximum atomic E-state index is 13.1. The van der Waals surface area contributed by atoms with Crippen LogP contribution in [0.5, 0.6) is 0 Å². The van der Waals surface area contributed by atoms with Crippen molar-refractivity contribution in [2.75, 3.05) is 18.0 Å². The Balaban J connectivity index is 2.91. The molecule has 1 heterocycles. The molecule has 0 saturated heterocycles. The van der Waals surface area contributed by atoms with Crippen molar-refractivity contribution in [3.63, 3.8) is 0 Å². The summed E-state index contributed by atoms with van der Waals surface area (Å²) >= 11 is 0. The van der Waals surface area contributed by atoms with Crippen LogP contribution in [0, 0.1) is 24.6 Å². The summed E-state index contributed by atoms with van der Waals surface area (Å²) in [5, 5.41) is 0. The minimum absolute atomic E-state index is 0.345. The number of rotatable bonds is 5. The molecule has 96 valence electrons. The highest BCUT2D eigenvalue weighted by Gasteiger charge is 2.14. The third-order valence-electron chi connectivity index (χ3n) is 2.36. The summed E-state index contributed by atoms with van der Waals surface area (Å²) in [6.07, 6.45) is 1.26. The van der Waals surface area contributed by atoms with Gasteiger partial charge in [0.1, 0.15) is 0 Å². The molecule has 1 rings (SSSR count). The zero-order valence-corrected chi connectivity index (χ0v) is 11.4. The van der Waals surface area contributed by atoms with Crippen molar-refractivity contribution in [3.05, 3.63) is 17.7 Å². The van der Waals surface area contributed by atoms with Crippen molar-refractivity contribution < 1.29 is 4.39 Å². The molecular formula is C13H22FN3. The molecule has 0 N–H and O–H groups in total. The topological polar surface area (TPSA) is 29.0 Å². The van der Waals surface area contributed by atoms with Crippen LogP contribution in [0.15, 0.2) is 6.20 Å².